The first kappa shape index (κ1) is 14.8. The van der Waals surface area contributed by atoms with E-state index in [9.17, 15) is 9.59 Å². The molecule has 0 spiro atoms. The molecule has 1 amide bonds. The number of anilines is 1. The number of carbonyl (C=O) groups is 2. The molecule has 0 unspecified atom stereocenters. The van der Waals surface area contributed by atoms with E-state index in [1.54, 1.807) is 25.3 Å². The summed E-state index contributed by atoms with van der Waals surface area (Å²) in [7, 11) is 1.57. The van der Waals surface area contributed by atoms with E-state index in [2.05, 4.69) is 21.2 Å². The van der Waals surface area contributed by atoms with Crippen LogP contribution < -0.4 is 10.1 Å². The number of rotatable bonds is 4. The molecule has 0 aliphatic heterocycles. The Morgan fingerprint density at radius 2 is 2.05 bits per heavy atom. The van der Waals surface area contributed by atoms with Gasteiger partial charge in [-0.25, -0.2) is 0 Å². The molecule has 2 N–H and O–H groups in total. The van der Waals surface area contributed by atoms with Crippen molar-refractivity contribution in [1.29, 1.82) is 0 Å². The van der Waals surface area contributed by atoms with Crippen molar-refractivity contribution >= 4 is 33.5 Å². The molecule has 1 aromatic rings. The van der Waals surface area contributed by atoms with Gasteiger partial charge in [0.25, 0.3) is 0 Å². The third-order valence-corrected chi connectivity index (χ3v) is 4.19. The minimum Gasteiger partial charge on any atom is -0.496 e. The molecule has 1 fully saturated rings. The van der Waals surface area contributed by atoms with Crippen molar-refractivity contribution in [1.82, 2.24) is 0 Å². The molecule has 2 rings (SSSR count). The molecule has 5 nitrogen and oxygen atoms in total. The van der Waals surface area contributed by atoms with Gasteiger partial charge in [0.15, 0.2) is 0 Å². The van der Waals surface area contributed by atoms with Gasteiger partial charge in [-0.3, -0.25) is 9.59 Å². The van der Waals surface area contributed by atoms with Crippen LogP contribution in [0.2, 0.25) is 0 Å². The molecule has 1 aromatic carbocycles. The van der Waals surface area contributed by atoms with Gasteiger partial charge in [0.1, 0.15) is 5.75 Å². The Kier molecular flexibility index (Phi) is 4.65. The first-order chi connectivity index (χ1) is 9.51. The van der Waals surface area contributed by atoms with Crippen molar-refractivity contribution < 1.29 is 19.4 Å². The Balaban J connectivity index is 1.98. The Labute approximate surface area is 125 Å². The lowest BCUT2D eigenvalue weighted by Gasteiger charge is -2.12. The lowest BCUT2D eigenvalue weighted by atomic mass is 10.0. The maximum absolute atomic E-state index is 12.1. The quantitative estimate of drug-likeness (QED) is 0.882. The number of halogens is 1. The second kappa shape index (κ2) is 6.26. The first-order valence-electron chi connectivity index (χ1n) is 6.38. The molecule has 20 heavy (non-hydrogen) atoms. The van der Waals surface area contributed by atoms with Crippen LogP contribution in [0.4, 0.5) is 5.69 Å². The zero-order valence-electron chi connectivity index (χ0n) is 11.1. The van der Waals surface area contributed by atoms with Crippen molar-refractivity contribution in [2.24, 2.45) is 11.8 Å². The summed E-state index contributed by atoms with van der Waals surface area (Å²) < 4.78 is 5.88. The Morgan fingerprint density at radius 3 is 2.60 bits per heavy atom. The van der Waals surface area contributed by atoms with Crippen LogP contribution in [0, 0.1) is 11.8 Å². The summed E-state index contributed by atoms with van der Waals surface area (Å²) in [5.74, 6) is -0.863. The maximum Gasteiger partial charge on any atom is 0.306 e. The van der Waals surface area contributed by atoms with E-state index in [-0.39, 0.29) is 11.8 Å². The van der Waals surface area contributed by atoms with Crippen molar-refractivity contribution in [2.75, 3.05) is 12.4 Å². The van der Waals surface area contributed by atoms with Crippen LogP contribution in [0.25, 0.3) is 0 Å². The third-order valence-electron chi connectivity index (χ3n) is 3.57. The number of amides is 1. The predicted octanol–water partition coefficient (Wildman–Crippen LogP) is 2.90. The zero-order valence-corrected chi connectivity index (χ0v) is 12.6. The van der Waals surface area contributed by atoms with Crippen LogP contribution in [-0.4, -0.2) is 24.1 Å². The third kappa shape index (κ3) is 3.30. The van der Waals surface area contributed by atoms with E-state index in [0.717, 1.165) is 4.47 Å². The second-order valence-electron chi connectivity index (χ2n) is 4.88. The van der Waals surface area contributed by atoms with Crippen LogP contribution in [-0.2, 0) is 9.59 Å². The molecule has 1 aliphatic carbocycles. The number of nitrogens with one attached hydrogen (secondary N) is 1. The molecule has 0 heterocycles. The van der Waals surface area contributed by atoms with Crippen molar-refractivity contribution in [3.05, 3.63) is 22.7 Å². The predicted molar refractivity (Wildman–Crippen MR) is 77.8 cm³/mol. The van der Waals surface area contributed by atoms with Crippen LogP contribution in [0.15, 0.2) is 22.7 Å². The number of hydrogen-bond donors (Lipinski definition) is 2. The molecule has 1 aliphatic rings. The van der Waals surface area contributed by atoms with Gasteiger partial charge < -0.3 is 15.2 Å². The summed E-state index contributed by atoms with van der Waals surface area (Å²) in [4.78, 5) is 23.0. The van der Waals surface area contributed by atoms with Crippen LogP contribution in [0.3, 0.4) is 0 Å². The van der Waals surface area contributed by atoms with Gasteiger partial charge in [-0.1, -0.05) is 0 Å². The molecule has 0 saturated heterocycles. The average molecular weight is 342 g/mol. The summed E-state index contributed by atoms with van der Waals surface area (Å²) in [6.07, 6.45) is 1.61. The zero-order chi connectivity index (χ0) is 14.7. The molecule has 108 valence electrons. The fraction of sp³-hybridized carbons (Fsp3) is 0.429. The Morgan fingerprint density at radius 1 is 1.35 bits per heavy atom. The maximum atomic E-state index is 12.1. The number of carboxylic acid groups (broad SMARTS) is 1. The minimum absolute atomic E-state index is 0.120. The van der Waals surface area contributed by atoms with Gasteiger partial charge in [-0.15, -0.1) is 0 Å². The molecular formula is C14H16BrNO4. The standard InChI is InChI=1S/C14H16BrNO4/c1-20-12-5-4-10(7-11(12)15)16-13(17)8-2-3-9(6-8)14(18)19/h4-5,7-9H,2-3,6H2,1H3,(H,16,17)(H,18,19)/t8-,9+/m1/s1. The van der Waals surface area contributed by atoms with E-state index in [1.807, 2.05) is 0 Å². The van der Waals surface area contributed by atoms with Gasteiger partial charge in [0.2, 0.25) is 5.91 Å². The minimum atomic E-state index is -0.813. The molecule has 1 saturated carbocycles. The van der Waals surface area contributed by atoms with Crippen LogP contribution >= 0.6 is 15.9 Å². The molecule has 6 heteroatoms. The largest absolute Gasteiger partial charge is 0.496 e. The van der Waals surface area contributed by atoms with Crippen molar-refractivity contribution in [3.8, 4) is 5.75 Å². The highest BCUT2D eigenvalue weighted by molar-refractivity contribution is 9.10. The highest BCUT2D eigenvalue weighted by atomic mass is 79.9. The molecular weight excluding hydrogens is 326 g/mol. The lowest BCUT2D eigenvalue weighted by Crippen LogP contribution is -2.21. The monoisotopic (exact) mass is 341 g/mol. The summed E-state index contributed by atoms with van der Waals surface area (Å²) in [6.45, 7) is 0. The van der Waals surface area contributed by atoms with Gasteiger partial charge in [-0.2, -0.15) is 0 Å². The van der Waals surface area contributed by atoms with E-state index in [1.165, 1.54) is 0 Å². The number of aliphatic carboxylic acids is 1. The molecule has 0 radical (unpaired) electrons. The van der Waals surface area contributed by atoms with Crippen LogP contribution in [0.1, 0.15) is 19.3 Å². The first-order valence-corrected chi connectivity index (χ1v) is 7.17. The SMILES string of the molecule is COc1ccc(NC(=O)[C@@H]2CC[C@H](C(=O)O)C2)cc1Br. The van der Waals surface area contributed by atoms with Crippen molar-refractivity contribution in [3.63, 3.8) is 0 Å². The summed E-state index contributed by atoms with van der Waals surface area (Å²) in [6, 6.07) is 5.28. The fourth-order valence-corrected chi connectivity index (χ4v) is 2.97. The molecule has 2 atom stereocenters. The number of carbonyl (C=O) groups excluding carboxylic acids is 1. The second-order valence-corrected chi connectivity index (χ2v) is 5.74. The highest BCUT2D eigenvalue weighted by Crippen LogP contribution is 2.33. The number of ether oxygens (including phenoxy) is 1. The lowest BCUT2D eigenvalue weighted by molar-refractivity contribution is -0.141. The summed E-state index contributed by atoms with van der Waals surface area (Å²) in [5.41, 5.74) is 0.668. The van der Waals surface area contributed by atoms with E-state index in [4.69, 9.17) is 9.84 Å². The highest BCUT2D eigenvalue weighted by Gasteiger charge is 2.33. The van der Waals surface area contributed by atoms with Crippen LogP contribution in [0.5, 0.6) is 5.75 Å². The number of methoxy groups -OCH3 is 1. The normalized spacial score (nSPS) is 21.5. The van der Waals surface area contributed by atoms with Gasteiger partial charge in [-0.05, 0) is 53.4 Å². The van der Waals surface area contributed by atoms with E-state index in [0.29, 0.717) is 30.7 Å². The van der Waals surface area contributed by atoms with E-state index < -0.39 is 11.9 Å². The Hall–Kier alpha value is -1.56. The Bertz CT molecular complexity index is 532. The number of hydrogen-bond acceptors (Lipinski definition) is 3. The number of carboxylic acids is 1. The smallest absolute Gasteiger partial charge is 0.306 e. The average Bonchev–Trinajstić information content (AvgIpc) is 2.88. The molecule has 0 aromatic heterocycles. The fourth-order valence-electron chi connectivity index (χ4n) is 2.43. The van der Waals surface area contributed by atoms with E-state index >= 15 is 0 Å². The van der Waals surface area contributed by atoms with Crippen molar-refractivity contribution in [2.45, 2.75) is 19.3 Å². The van der Waals surface area contributed by atoms with Gasteiger partial charge >= 0.3 is 5.97 Å². The number of benzene rings is 1. The van der Waals surface area contributed by atoms with Gasteiger partial charge in [0.05, 0.1) is 17.5 Å². The summed E-state index contributed by atoms with van der Waals surface area (Å²) >= 11 is 3.36. The van der Waals surface area contributed by atoms with Gasteiger partial charge in [0, 0.05) is 11.6 Å². The molecule has 0 bridgehead atoms. The summed E-state index contributed by atoms with van der Waals surface area (Å²) in [5, 5.41) is 11.8. The topological polar surface area (TPSA) is 75.6 Å².